The summed E-state index contributed by atoms with van der Waals surface area (Å²) >= 11 is 1.67. The molecule has 2 atom stereocenters. The number of rotatable bonds is 1. The van der Waals surface area contributed by atoms with Crippen molar-refractivity contribution in [2.24, 2.45) is 11.3 Å². The monoisotopic (exact) mass is 250 g/mol. The standard InChI is InChI=1S/C13H18N2OS/c1-13(2)9-8-14-6-5-10(9)15(12(13)16)11-4-3-7-17-11/h3-4,7,9-10,14H,5-6,8H2,1-2H3. The largest absolute Gasteiger partial charge is 0.316 e. The quantitative estimate of drug-likeness (QED) is 0.828. The van der Waals surface area contributed by atoms with Gasteiger partial charge in [0.05, 0.1) is 10.4 Å². The molecule has 3 nitrogen and oxygen atoms in total. The van der Waals surface area contributed by atoms with Crippen LogP contribution in [0.4, 0.5) is 5.00 Å². The normalized spacial score (nSPS) is 31.6. The lowest BCUT2D eigenvalue weighted by Crippen LogP contribution is -2.45. The van der Waals surface area contributed by atoms with E-state index in [2.05, 4.69) is 30.1 Å². The van der Waals surface area contributed by atoms with Crippen LogP contribution in [0, 0.1) is 11.3 Å². The number of nitrogens with one attached hydrogen (secondary N) is 1. The van der Waals surface area contributed by atoms with Crippen LogP contribution in [0.3, 0.4) is 0 Å². The maximum atomic E-state index is 12.6. The molecule has 2 unspecified atom stereocenters. The summed E-state index contributed by atoms with van der Waals surface area (Å²) < 4.78 is 0. The van der Waals surface area contributed by atoms with Crippen LogP contribution in [-0.4, -0.2) is 25.0 Å². The van der Waals surface area contributed by atoms with E-state index in [1.807, 2.05) is 11.4 Å². The molecular weight excluding hydrogens is 232 g/mol. The predicted molar refractivity (Wildman–Crippen MR) is 70.4 cm³/mol. The van der Waals surface area contributed by atoms with Crippen molar-refractivity contribution in [2.45, 2.75) is 26.3 Å². The Kier molecular flexibility index (Phi) is 2.52. The maximum absolute atomic E-state index is 12.6. The van der Waals surface area contributed by atoms with Crippen LogP contribution < -0.4 is 10.2 Å². The highest BCUT2D eigenvalue weighted by Gasteiger charge is 2.54. The number of amides is 1. The summed E-state index contributed by atoms with van der Waals surface area (Å²) in [5.74, 6) is 0.726. The smallest absolute Gasteiger partial charge is 0.233 e. The van der Waals surface area contributed by atoms with Gasteiger partial charge in [-0.1, -0.05) is 13.8 Å². The van der Waals surface area contributed by atoms with Gasteiger partial charge < -0.3 is 5.32 Å². The Morgan fingerprint density at radius 3 is 3.06 bits per heavy atom. The Morgan fingerprint density at radius 1 is 1.53 bits per heavy atom. The fourth-order valence-electron chi connectivity index (χ4n) is 3.18. The van der Waals surface area contributed by atoms with Crippen molar-refractivity contribution in [1.29, 1.82) is 0 Å². The second-order valence-electron chi connectivity index (χ2n) is 5.51. The zero-order valence-corrected chi connectivity index (χ0v) is 11.1. The Balaban J connectivity index is 2.01. The molecule has 0 spiro atoms. The van der Waals surface area contributed by atoms with Crippen molar-refractivity contribution in [3.8, 4) is 0 Å². The van der Waals surface area contributed by atoms with E-state index in [0.717, 1.165) is 24.5 Å². The van der Waals surface area contributed by atoms with E-state index < -0.39 is 0 Å². The maximum Gasteiger partial charge on any atom is 0.233 e. The summed E-state index contributed by atoms with van der Waals surface area (Å²) in [6.45, 7) is 6.17. The SMILES string of the molecule is CC1(C)C(=O)N(c2cccs2)C2CCNCC21. The number of hydrogen-bond donors (Lipinski definition) is 1. The lowest BCUT2D eigenvalue weighted by atomic mass is 9.76. The number of carbonyl (C=O) groups is 1. The highest BCUT2D eigenvalue weighted by atomic mass is 32.1. The average Bonchev–Trinajstić information content (AvgIpc) is 2.88. The van der Waals surface area contributed by atoms with Gasteiger partial charge in [-0.2, -0.15) is 0 Å². The third kappa shape index (κ3) is 1.54. The minimum Gasteiger partial charge on any atom is -0.316 e. The zero-order chi connectivity index (χ0) is 12.0. The molecule has 92 valence electrons. The van der Waals surface area contributed by atoms with Crippen molar-refractivity contribution in [1.82, 2.24) is 5.32 Å². The first-order valence-corrected chi connectivity index (χ1v) is 7.08. The molecule has 0 aromatic carbocycles. The molecule has 17 heavy (non-hydrogen) atoms. The van der Waals surface area contributed by atoms with Crippen LogP contribution in [0.25, 0.3) is 0 Å². The van der Waals surface area contributed by atoms with E-state index in [0.29, 0.717) is 17.9 Å². The molecule has 3 heterocycles. The first-order valence-electron chi connectivity index (χ1n) is 6.20. The second kappa shape index (κ2) is 3.82. The van der Waals surface area contributed by atoms with E-state index in [1.54, 1.807) is 11.3 Å². The summed E-state index contributed by atoms with van der Waals surface area (Å²) in [6, 6.07) is 4.47. The van der Waals surface area contributed by atoms with E-state index in [9.17, 15) is 4.79 Å². The fourth-order valence-corrected chi connectivity index (χ4v) is 3.97. The lowest BCUT2D eigenvalue weighted by Gasteiger charge is -2.33. The molecular formula is C13H18N2OS. The molecule has 2 aliphatic heterocycles. The molecule has 4 heteroatoms. The van der Waals surface area contributed by atoms with E-state index in [4.69, 9.17) is 0 Å². The molecule has 1 N–H and O–H groups in total. The third-order valence-corrected chi connectivity index (χ3v) is 5.09. The van der Waals surface area contributed by atoms with Crippen LogP contribution >= 0.6 is 11.3 Å². The van der Waals surface area contributed by atoms with Crippen LogP contribution in [0.1, 0.15) is 20.3 Å². The summed E-state index contributed by atoms with van der Waals surface area (Å²) in [5.41, 5.74) is -0.234. The summed E-state index contributed by atoms with van der Waals surface area (Å²) in [6.07, 6.45) is 1.07. The van der Waals surface area contributed by atoms with Gasteiger partial charge in [0.25, 0.3) is 0 Å². The van der Waals surface area contributed by atoms with Gasteiger partial charge in [-0.05, 0) is 30.5 Å². The Bertz CT molecular complexity index is 427. The molecule has 1 aromatic rings. The minimum atomic E-state index is -0.234. The van der Waals surface area contributed by atoms with E-state index in [1.165, 1.54) is 0 Å². The van der Waals surface area contributed by atoms with Crippen molar-refractivity contribution >= 4 is 22.2 Å². The Morgan fingerprint density at radius 2 is 2.35 bits per heavy atom. The number of anilines is 1. The summed E-state index contributed by atoms with van der Waals surface area (Å²) in [7, 11) is 0. The van der Waals surface area contributed by atoms with Gasteiger partial charge >= 0.3 is 0 Å². The first-order chi connectivity index (χ1) is 8.12. The highest BCUT2D eigenvalue weighted by Crippen LogP contribution is 2.46. The molecule has 1 aromatic heterocycles. The number of carbonyl (C=O) groups excluding carboxylic acids is 1. The summed E-state index contributed by atoms with van der Waals surface area (Å²) in [4.78, 5) is 14.6. The van der Waals surface area contributed by atoms with Crippen LogP contribution in [0.15, 0.2) is 17.5 Å². The third-order valence-electron chi connectivity index (χ3n) is 4.22. The number of fused-ring (bicyclic) bond motifs is 1. The number of thiophene rings is 1. The first kappa shape index (κ1) is 11.2. The van der Waals surface area contributed by atoms with Crippen molar-refractivity contribution in [3.05, 3.63) is 17.5 Å². The molecule has 0 aliphatic carbocycles. The van der Waals surface area contributed by atoms with Gasteiger partial charge in [0, 0.05) is 18.5 Å². The molecule has 0 bridgehead atoms. The fraction of sp³-hybridized carbons (Fsp3) is 0.615. The van der Waals surface area contributed by atoms with Gasteiger partial charge in [-0.3, -0.25) is 9.69 Å². The summed E-state index contributed by atoms with van der Waals surface area (Å²) in [5, 5.41) is 6.58. The number of nitrogens with zero attached hydrogens (tertiary/aromatic N) is 1. The lowest BCUT2D eigenvalue weighted by molar-refractivity contribution is -0.125. The molecule has 2 fully saturated rings. The highest BCUT2D eigenvalue weighted by molar-refractivity contribution is 7.14. The van der Waals surface area contributed by atoms with Crippen LogP contribution in [0.5, 0.6) is 0 Å². The van der Waals surface area contributed by atoms with Crippen molar-refractivity contribution < 1.29 is 4.79 Å². The Hall–Kier alpha value is -0.870. The molecule has 2 aliphatic rings. The topological polar surface area (TPSA) is 32.3 Å². The Labute approximate surface area is 106 Å². The number of hydrogen-bond acceptors (Lipinski definition) is 3. The van der Waals surface area contributed by atoms with Gasteiger partial charge in [-0.15, -0.1) is 11.3 Å². The van der Waals surface area contributed by atoms with Gasteiger partial charge in [0.2, 0.25) is 5.91 Å². The minimum absolute atomic E-state index is 0.234. The average molecular weight is 250 g/mol. The molecule has 2 saturated heterocycles. The predicted octanol–water partition coefficient (Wildman–Crippen LogP) is 2.10. The van der Waals surface area contributed by atoms with Crippen molar-refractivity contribution in [2.75, 3.05) is 18.0 Å². The van der Waals surface area contributed by atoms with E-state index >= 15 is 0 Å². The number of piperidine rings is 1. The molecule has 1 amide bonds. The molecule has 3 rings (SSSR count). The van der Waals surface area contributed by atoms with Gasteiger partial charge in [-0.25, -0.2) is 0 Å². The second-order valence-corrected chi connectivity index (χ2v) is 6.44. The molecule has 0 saturated carbocycles. The zero-order valence-electron chi connectivity index (χ0n) is 10.3. The van der Waals surface area contributed by atoms with Gasteiger partial charge in [0.1, 0.15) is 0 Å². The van der Waals surface area contributed by atoms with Gasteiger partial charge in [0.15, 0.2) is 0 Å². The van der Waals surface area contributed by atoms with Crippen molar-refractivity contribution in [3.63, 3.8) is 0 Å². The molecule has 0 radical (unpaired) electrons. The van der Waals surface area contributed by atoms with Crippen LogP contribution in [0.2, 0.25) is 0 Å². The van der Waals surface area contributed by atoms with E-state index in [-0.39, 0.29) is 5.41 Å². The van der Waals surface area contributed by atoms with Crippen LogP contribution in [-0.2, 0) is 4.79 Å².